The molecule has 0 aliphatic rings. The van der Waals surface area contributed by atoms with Crippen molar-refractivity contribution in [2.24, 2.45) is 0 Å². The van der Waals surface area contributed by atoms with Crippen molar-refractivity contribution in [1.29, 1.82) is 0 Å². The van der Waals surface area contributed by atoms with Crippen LogP contribution in [0, 0.1) is 0 Å². The third-order valence-electron chi connectivity index (χ3n) is 3.97. The molecule has 31 heavy (non-hydrogen) atoms. The molecule has 3 aromatic rings. The summed E-state index contributed by atoms with van der Waals surface area (Å²) < 4.78 is 63.0. The molecule has 3 rings (SSSR count). The highest BCUT2D eigenvalue weighted by Gasteiger charge is 2.20. The highest BCUT2D eigenvalue weighted by atomic mass is 35.5. The molecule has 0 atom stereocenters. The maximum atomic E-state index is 13.2. The van der Waals surface area contributed by atoms with Crippen LogP contribution in [0.3, 0.4) is 0 Å². The summed E-state index contributed by atoms with van der Waals surface area (Å²) in [6, 6.07) is 13.8. The topological polar surface area (TPSA) is 109 Å². The van der Waals surface area contributed by atoms with Gasteiger partial charge in [0.05, 0.1) is 16.1 Å². The van der Waals surface area contributed by atoms with E-state index in [9.17, 15) is 25.5 Å². The molecule has 7 nitrogen and oxygen atoms in total. The summed E-state index contributed by atoms with van der Waals surface area (Å²) in [5.74, 6) is -0.801. The number of carbonyl (C=O) groups excluding carboxylic acids is 1. The Bertz CT molecular complexity index is 1360. The van der Waals surface area contributed by atoms with Gasteiger partial charge in [0, 0.05) is 15.7 Å². The molecule has 0 aliphatic heterocycles. The minimum Gasteiger partial charge on any atom is -0.322 e. The van der Waals surface area contributed by atoms with Crippen molar-refractivity contribution in [1.82, 2.24) is 0 Å². The lowest BCUT2D eigenvalue weighted by atomic mass is 10.1. The summed E-state index contributed by atoms with van der Waals surface area (Å²) in [6.07, 6.45) is 0. The first-order chi connectivity index (χ1) is 14.5. The molecule has 0 saturated carbocycles. The van der Waals surface area contributed by atoms with Gasteiger partial charge < -0.3 is 5.32 Å². The van der Waals surface area contributed by atoms with Crippen molar-refractivity contribution >= 4 is 60.7 Å². The van der Waals surface area contributed by atoms with Crippen LogP contribution in [-0.2, 0) is 20.2 Å². The number of sulfonamides is 1. The Morgan fingerprint density at radius 1 is 0.806 bits per heavy atom. The van der Waals surface area contributed by atoms with Gasteiger partial charge in [0.15, 0.2) is 0 Å². The third kappa shape index (κ3) is 5.73. The minimum atomic E-state index is -4.97. The van der Waals surface area contributed by atoms with Crippen LogP contribution in [0.25, 0.3) is 0 Å². The van der Waals surface area contributed by atoms with Gasteiger partial charge in [-0.1, -0.05) is 29.3 Å². The van der Waals surface area contributed by atoms with Crippen molar-refractivity contribution in [3.63, 3.8) is 0 Å². The largest absolute Gasteiger partial charge is 0.332 e. The van der Waals surface area contributed by atoms with E-state index in [1.54, 1.807) is 0 Å². The zero-order valence-corrected chi connectivity index (χ0v) is 18.5. The fourth-order valence-corrected chi connectivity index (χ4v) is 4.42. The molecule has 1 amide bonds. The Labute approximate surface area is 188 Å². The van der Waals surface area contributed by atoms with E-state index in [4.69, 9.17) is 23.2 Å². The van der Waals surface area contributed by atoms with Crippen LogP contribution in [0.5, 0.6) is 0 Å². The van der Waals surface area contributed by atoms with Gasteiger partial charge in [-0.2, -0.15) is 8.42 Å². The molecule has 0 aromatic heterocycles. The number of hydrogen-bond acceptors (Lipinski definition) is 5. The maximum Gasteiger partial charge on any atom is 0.332 e. The van der Waals surface area contributed by atoms with E-state index in [2.05, 4.69) is 10.0 Å². The Kier molecular flexibility index (Phi) is 6.56. The van der Waals surface area contributed by atoms with E-state index in [0.29, 0.717) is 5.02 Å². The summed E-state index contributed by atoms with van der Waals surface area (Å²) in [7, 11) is -9.03. The smallest absolute Gasteiger partial charge is 0.322 e. The van der Waals surface area contributed by atoms with Gasteiger partial charge in [-0.3, -0.25) is 9.52 Å². The number of hydrogen-bond donors (Lipinski definition) is 2. The van der Waals surface area contributed by atoms with E-state index in [0.717, 1.165) is 12.1 Å². The summed E-state index contributed by atoms with van der Waals surface area (Å²) in [5, 5.41) is 2.89. The molecule has 0 spiro atoms. The zero-order valence-electron chi connectivity index (χ0n) is 15.3. The van der Waals surface area contributed by atoms with Gasteiger partial charge >= 0.3 is 10.2 Å². The molecule has 2 N–H and O–H groups in total. The lowest BCUT2D eigenvalue weighted by Gasteiger charge is -2.14. The number of carbonyl (C=O) groups is 1. The van der Waals surface area contributed by atoms with Crippen LogP contribution < -0.4 is 10.0 Å². The Morgan fingerprint density at radius 2 is 1.45 bits per heavy atom. The molecular formula is C19H13Cl2FN2O5S2. The van der Waals surface area contributed by atoms with Crippen LogP contribution >= 0.6 is 23.2 Å². The molecule has 12 heteroatoms. The number of nitrogens with one attached hydrogen (secondary N) is 2. The second-order valence-corrected chi connectivity index (χ2v) is 10.1. The second-order valence-electron chi connectivity index (χ2n) is 6.17. The molecule has 0 unspecified atom stereocenters. The van der Waals surface area contributed by atoms with Gasteiger partial charge in [-0.25, -0.2) is 8.42 Å². The fraction of sp³-hybridized carbons (Fsp3) is 0. The van der Waals surface area contributed by atoms with Crippen molar-refractivity contribution in [2.45, 2.75) is 9.79 Å². The zero-order chi connectivity index (χ0) is 22.8. The Morgan fingerprint density at radius 3 is 2.10 bits per heavy atom. The highest BCUT2D eigenvalue weighted by molar-refractivity contribution is 7.92. The van der Waals surface area contributed by atoms with E-state index >= 15 is 0 Å². The van der Waals surface area contributed by atoms with Gasteiger partial charge in [-0.05, 0) is 60.7 Å². The average molecular weight is 503 g/mol. The molecule has 0 aliphatic carbocycles. The minimum absolute atomic E-state index is 0.0183. The van der Waals surface area contributed by atoms with Crippen LogP contribution in [0.4, 0.5) is 15.3 Å². The molecule has 162 valence electrons. The number of rotatable bonds is 6. The van der Waals surface area contributed by atoms with E-state index < -0.39 is 31.0 Å². The van der Waals surface area contributed by atoms with Crippen molar-refractivity contribution in [3.8, 4) is 0 Å². The van der Waals surface area contributed by atoms with Crippen molar-refractivity contribution < 1.29 is 25.5 Å². The van der Waals surface area contributed by atoms with Gasteiger partial charge in [-0.15, -0.1) is 3.89 Å². The lowest BCUT2D eigenvalue weighted by Crippen LogP contribution is -2.18. The van der Waals surface area contributed by atoms with Crippen LogP contribution in [-0.4, -0.2) is 22.7 Å². The summed E-state index contributed by atoms with van der Waals surface area (Å²) in [6.45, 7) is 0. The third-order valence-corrected chi connectivity index (χ3v) is 6.65. The predicted molar refractivity (Wildman–Crippen MR) is 116 cm³/mol. The summed E-state index contributed by atoms with van der Waals surface area (Å²) in [4.78, 5) is 12.0. The van der Waals surface area contributed by atoms with Crippen LogP contribution in [0.2, 0.25) is 10.0 Å². The fourth-order valence-electron chi connectivity index (χ4n) is 2.53. The summed E-state index contributed by atoms with van der Waals surface area (Å²) in [5.41, 5.74) is -0.236. The SMILES string of the molecule is O=C(Nc1cccc(S(=O)(=O)F)c1)c1cc(Cl)ccc1NS(=O)(=O)c1ccc(Cl)cc1. The maximum absolute atomic E-state index is 13.2. The predicted octanol–water partition coefficient (Wildman–Crippen LogP) is 4.70. The molecule has 0 radical (unpaired) electrons. The summed E-state index contributed by atoms with van der Waals surface area (Å²) >= 11 is 11.7. The quantitative estimate of drug-likeness (QED) is 0.474. The Balaban J connectivity index is 1.93. The molecule has 0 fully saturated rings. The molecule has 0 saturated heterocycles. The highest BCUT2D eigenvalue weighted by Crippen LogP contribution is 2.26. The van der Waals surface area contributed by atoms with Gasteiger partial charge in [0.2, 0.25) is 0 Å². The first kappa shape index (κ1) is 23.0. The van der Waals surface area contributed by atoms with Crippen LogP contribution in [0.15, 0.2) is 76.5 Å². The van der Waals surface area contributed by atoms with Crippen LogP contribution in [0.1, 0.15) is 10.4 Å². The average Bonchev–Trinajstić information content (AvgIpc) is 2.69. The lowest BCUT2D eigenvalue weighted by molar-refractivity contribution is 0.102. The number of benzene rings is 3. The van der Waals surface area contributed by atoms with Gasteiger partial charge in [0.25, 0.3) is 15.9 Å². The molecular weight excluding hydrogens is 490 g/mol. The van der Waals surface area contributed by atoms with Crippen molar-refractivity contribution in [3.05, 3.63) is 82.3 Å². The monoisotopic (exact) mass is 502 g/mol. The number of anilines is 2. The first-order valence-corrected chi connectivity index (χ1v) is 12.0. The number of amides is 1. The molecule has 3 aromatic carbocycles. The first-order valence-electron chi connectivity index (χ1n) is 8.40. The van der Waals surface area contributed by atoms with E-state index in [1.807, 2.05) is 0 Å². The standard InChI is InChI=1S/C19H13Cl2FN2O5S2/c20-12-4-7-15(8-5-12)31(28,29)24-18-9-6-13(21)10-17(18)19(25)23-14-2-1-3-16(11-14)30(22,26)27/h1-11,24H,(H,23,25). The van der Waals surface area contributed by atoms with Crippen molar-refractivity contribution in [2.75, 3.05) is 10.0 Å². The van der Waals surface area contributed by atoms with Gasteiger partial charge in [0.1, 0.15) is 4.90 Å². The normalized spacial score (nSPS) is 11.7. The van der Waals surface area contributed by atoms with E-state index in [-0.39, 0.29) is 26.9 Å². The van der Waals surface area contributed by atoms with E-state index in [1.165, 1.54) is 54.6 Å². The molecule has 0 heterocycles. The Hall–Kier alpha value is -2.66. The number of halogens is 3. The molecule has 0 bridgehead atoms. The second kappa shape index (κ2) is 8.83.